The van der Waals surface area contributed by atoms with Crippen molar-refractivity contribution in [1.29, 1.82) is 0 Å². The molecule has 1 aliphatic rings. The summed E-state index contributed by atoms with van der Waals surface area (Å²) in [6.45, 7) is 0.789. The molecule has 0 aliphatic carbocycles. The van der Waals surface area contributed by atoms with Crippen LogP contribution in [0.4, 0.5) is 0 Å². The molecule has 4 rings (SSSR count). The largest absolute Gasteiger partial charge is 0.330 e. The number of hydrogen-bond donors (Lipinski definition) is 0. The Morgan fingerprint density at radius 3 is 3.04 bits per heavy atom. The monoisotopic (exact) mass is 342 g/mol. The van der Waals surface area contributed by atoms with Gasteiger partial charge < -0.3 is 4.90 Å². The zero-order chi connectivity index (χ0) is 15.6. The zero-order valence-electron chi connectivity index (χ0n) is 12.3. The predicted molar refractivity (Wildman–Crippen MR) is 90.5 cm³/mol. The lowest BCUT2D eigenvalue weighted by Crippen LogP contribution is -2.30. The Bertz CT molecular complexity index is 801. The summed E-state index contributed by atoms with van der Waals surface area (Å²) in [6, 6.07) is 2.28. The first-order valence-corrected chi connectivity index (χ1v) is 9.20. The van der Waals surface area contributed by atoms with Gasteiger partial charge in [-0.15, -0.1) is 11.3 Å². The molecule has 1 saturated heterocycles. The van der Waals surface area contributed by atoms with E-state index in [4.69, 9.17) is 0 Å². The average molecular weight is 342 g/mol. The summed E-state index contributed by atoms with van der Waals surface area (Å²) in [4.78, 5) is 27.5. The first kappa shape index (κ1) is 14.5. The van der Waals surface area contributed by atoms with Crippen LogP contribution in [0, 0.1) is 0 Å². The van der Waals surface area contributed by atoms with Crippen LogP contribution in [0.1, 0.15) is 34.9 Å². The molecule has 0 bridgehead atoms. The highest BCUT2D eigenvalue weighted by Crippen LogP contribution is 2.34. The van der Waals surface area contributed by atoms with Gasteiger partial charge in [0, 0.05) is 24.3 Å². The lowest BCUT2D eigenvalue weighted by atomic mass is 10.1. The van der Waals surface area contributed by atoms with Crippen LogP contribution in [-0.2, 0) is 0 Å². The van der Waals surface area contributed by atoms with Gasteiger partial charge in [-0.3, -0.25) is 14.8 Å². The number of aromatic nitrogens is 3. The van der Waals surface area contributed by atoms with Crippen molar-refractivity contribution in [3.8, 4) is 10.7 Å². The number of carbonyl (C=O) groups is 1. The van der Waals surface area contributed by atoms with Crippen LogP contribution in [0.3, 0.4) is 0 Å². The second-order valence-electron chi connectivity index (χ2n) is 5.34. The Labute approximate surface area is 141 Å². The maximum Gasteiger partial charge on any atom is 0.273 e. The summed E-state index contributed by atoms with van der Waals surface area (Å²) in [6.07, 6.45) is 6.97. The maximum atomic E-state index is 12.8. The summed E-state index contributed by atoms with van der Waals surface area (Å²) < 4.78 is 0. The number of thiazole rings is 1. The molecule has 4 heterocycles. The molecule has 5 nitrogen and oxygen atoms in total. The fraction of sp³-hybridized carbons (Fsp3) is 0.250. The van der Waals surface area contributed by atoms with Gasteiger partial charge in [-0.1, -0.05) is 0 Å². The topological polar surface area (TPSA) is 59.0 Å². The molecule has 3 aromatic heterocycles. The van der Waals surface area contributed by atoms with E-state index in [1.165, 1.54) is 16.9 Å². The first-order valence-electron chi connectivity index (χ1n) is 7.38. The quantitative estimate of drug-likeness (QED) is 0.729. The molecule has 3 aromatic rings. The molecule has 116 valence electrons. The van der Waals surface area contributed by atoms with Crippen LogP contribution < -0.4 is 0 Å². The molecule has 1 unspecified atom stereocenters. The summed E-state index contributed by atoms with van der Waals surface area (Å²) >= 11 is 3.10. The number of carbonyl (C=O) groups excluding carboxylic acids is 1. The van der Waals surface area contributed by atoms with E-state index < -0.39 is 0 Å². The standard InChI is InChI=1S/C16H14N4OS2/c21-16(20-6-1-2-14(20)11-3-7-22-9-11)13-10-23-15(19-13)12-8-17-4-5-18-12/h3-5,7-10,14H,1-2,6H2. The van der Waals surface area contributed by atoms with Crippen molar-refractivity contribution in [2.75, 3.05) is 6.54 Å². The van der Waals surface area contributed by atoms with E-state index in [-0.39, 0.29) is 11.9 Å². The van der Waals surface area contributed by atoms with Gasteiger partial charge in [0.05, 0.1) is 12.2 Å². The molecule has 23 heavy (non-hydrogen) atoms. The van der Waals surface area contributed by atoms with Gasteiger partial charge in [0.25, 0.3) is 5.91 Å². The Morgan fingerprint density at radius 1 is 1.30 bits per heavy atom. The van der Waals surface area contributed by atoms with Gasteiger partial charge in [0.15, 0.2) is 0 Å². The van der Waals surface area contributed by atoms with E-state index in [9.17, 15) is 4.79 Å². The Morgan fingerprint density at radius 2 is 2.26 bits per heavy atom. The number of nitrogens with zero attached hydrogens (tertiary/aromatic N) is 4. The molecule has 7 heteroatoms. The third kappa shape index (κ3) is 2.77. The number of amides is 1. The molecular formula is C16H14N4OS2. The van der Waals surface area contributed by atoms with E-state index in [0.29, 0.717) is 11.4 Å². The van der Waals surface area contributed by atoms with E-state index in [1.807, 2.05) is 10.3 Å². The summed E-state index contributed by atoms with van der Waals surface area (Å²) in [5, 5.41) is 6.73. The van der Waals surface area contributed by atoms with E-state index in [0.717, 1.165) is 24.4 Å². The van der Waals surface area contributed by atoms with Crippen molar-refractivity contribution in [3.05, 3.63) is 52.1 Å². The fourth-order valence-electron chi connectivity index (χ4n) is 2.87. The number of rotatable bonds is 3. The van der Waals surface area contributed by atoms with Crippen molar-refractivity contribution in [2.45, 2.75) is 18.9 Å². The van der Waals surface area contributed by atoms with Gasteiger partial charge in [-0.25, -0.2) is 4.98 Å². The molecule has 0 N–H and O–H groups in total. The second-order valence-corrected chi connectivity index (χ2v) is 6.98. The van der Waals surface area contributed by atoms with Crippen molar-refractivity contribution in [1.82, 2.24) is 19.9 Å². The highest BCUT2D eigenvalue weighted by Gasteiger charge is 2.32. The molecular weight excluding hydrogens is 328 g/mol. The van der Waals surface area contributed by atoms with Crippen LogP contribution in [-0.4, -0.2) is 32.3 Å². The average Bonchev–Trinajstić information content (AvgIpc) is 3.34. The normalized spacial score (nSPS) is 17.6. The minimum absolute atomic E-state index is 0.00471. The highest BCUT2D eigenvalue weighted by molar-refractivity contribution is 7.13. The molecule has 1 amide bonds. The number of likely N-dealkylation sites (tertiary alicyclic amines) is 1. The molecule has 0 saturated carbocycles. The second kappa shape index (κ2) is 6.17. The van der Waals surface area contributed by atoms with Crippen LogP contribution in [0.25, 0.3) is 10.7 Å². The molecule has 0 radical (unpaired) electrons. The van der Waals surface area contributed by atoms with Crippen LogP contribution in [0.5, 0.6) is 0 Å². The fourth-order valence-corrected chi connectivity index (χ4v) is 4.33. The SMILES string of the molecule is O=C(c1csc(-c2cnccn2)n1)N1CCCC1c1ccsc1. The predicted octanol–water partition coefficient (Wildman–Crippen LogP) is 3.64. The first-order chi connectivity index (χ1) is 11.3. The van der Waals surface area contributed by atoms with Crippen molar-refractivity contribution in [3.63, 3.8) is 0 Å². The molecule has 0 spiro atoms. The van der Waals surface area contributed by atoms with Gasteiger partial charge in [0.2, 0.25) is 0 Å². The van der Waals surface area contributed by atoms with Gasteiger partial charge in [0.1, 0.15) is 16.4 Å². The summed E-state index contributed by atoms with van der Waals surface area (Å²) in [5.41, 5.74) is 2.43. The zero-order valence-corrected chi connectivity index (χ0v) is 13.9. The van der Waals surface area contributed by atoms with E-state index >= 15 is 0 Å². The van der Waals surface area contributed by atoms with Crippen LogP contribution >= 0.6 is 22.7 Å². The lowest BCUT2D eigenvalue weighted by Gasteiger charge is -2.23. The third-order valence-corrected chi connectivity index (χ3v) is 5.51. The van der Waals surface area contributed by atoms with Gasteiger partial charge >= 0.3 is 0 Å². The van der Waals surface area contributed by atoms with Crippen LogP contribution in [0.2, 0.25) is 0 Å². The van der Waals surface area contributed by atoms with E-state index in [2.05, 4.69) is 31.8 Å². The summed E-state index contributed by atoms with van der Waals surface area (Å²) in [7, 11) is 0. The summed E-state index contributed by atoms with van der Waals surface area (Å²) in [5.74, 6) is 0.00471. The minimum atomic E-state index is 0.00471. The van der Waals surface area contributed by atoms with Crippen molar-refractivity contribution < 1.29 is 4.79 Å². The van der Waals surface area contributed by atoms with Crippen LogP contribution in [0.15, 0.2) is 40.8 Å². The lowest BCUT2D eigenvalue weighted by molar-refractivity contribution is 0.0731. The molecule has 1 atom stereocenters. The highest BCUT2D eigenvalue weighted by atomic mass is 32.1. The maximum absolute atomic E-state index is 12.8. The van der Waals surface area contributed by atoms with E-state index in [1.54, 1.807) is 29.9 Å². The number of hydrogen-bond acceptors (Lipinski definition) is 6. The number of thiophene rings is 1. The Kier molecular flexibility index (Phi) is 3.88. The van der Waals surface area contributed by atoms with Crippen molar-refractivity contribution in [2.24, 2.45) is 0 Å². The molecule has 1 fully saturated rings. The smallest absolute Gasteiger partial charge is 0.273 e. The van der Waals surface area contributed by atoms with Crippen molar-refractivity contribution >= 4 is 28.6 Å². The third-order valence-electron chi connectivity index (χ3n) is 3.95. The molecule has 0 aromatic carbocycles. The minimum Gasteiger partial charge on any atom is -0.330 e. The van der Waals surface area contributed by atoms with Gasteiger partial charge in [-0.2, -0.15) is 11.3 Å². The Hall–Kier alpha value is -2.12. The Balaban J connectivity index is 1.59. The molecule has 1 aliphatic heterocycles. The van der Waals surface area contributed by atoms with Gasteiger partial charge in [-0.05, 0) is 35.2 Å².